The molecule has 3 rings (SSSR count). The molecular formula is C10H8N4O. The van der Waals surface area contributed by atoms with Gasteiger partial charge in [0.1, 0.15) is 17.8 Å². The summed E-state index contributed by atoms with van der Waals surface area (Å²) in [7, 11) is 0. The minimum absolute atomic E-state index is 0.492. The van der Waals surface area contributed by atoms with Gasteiger partial charge in [0, 0.05) is 24.0 Å². The molecule has 0 fully saturated rings. The predicted molar refractivity (Wildman–Crippen MR) is 56.0 cm³/mol. The van der Waals surface area contributed by atoms with Crippen molar-refractivity contribution >= 4 is 16.7 Å². The fourth-order valence-electron chi connectivity index (χ4n) is 1.66. The molecule has 0 saturated heterocycles. The smallest absolute Gasteiger partial charge is 0.133 e. The SMILES string of the molecule is Nc1nccc2[nH]cc(-c3ccon3)c12. The van der Waals surface area contributed by atoms with Gasteiger partial charge in [0.2, 0.25) is 0 Å². The highest BCUT2D eigenvalue weighted by atomic mass is 16.5. The van der Waals surface area contributed by atoms with Crippen molar-refractivity contribution in [3.8, 4) is 11.3 Å². The van der Waals surface area contributed by atoms with Crippen LogP contribution in [0.25, 0.3) is 22.2 Å². The molecule has 0 saturated carbocycles. The van der Waals surface area contributed by atoms with Gasteiger partial charge in [-0.05, 0) is 6.07 Å². The molecule has 0 aromatic carbocycles. The topological polar surface area (TPSA) is 80.7 Å². The van der Waals surface area contributed by atoms with E-state index < -0.39 is 0 Å². The number of nitrogens with two attached hydrogens (primary N) is 1. The summed E-state index contributed by atoms with van der Waals surface area (Å²) in [4.78, 5) is 7.17. The molecule has 74 valence electrons. The largest absolute Gasteiger partial charge is 0.383 e. The third kappa shape index (κ3) is 1.10. The number of hydrogen-bond acceptors (Lipinski definition) is 4. The Kier molecular flexibility index (Phi) is 1.53. The zero-order valence-electron chi connectivity index (χ0n) is 7.77. The van der Waals surface area contributed by atoms with Crippen molar-refractivity contribution in [2.45, 2.75) is 0 Å². The van der Waals surface area contributed by atoms with Gasteiger partial charge in [-0.25, -0.2) is 4.98 Å². The molecule has 0 amide bonds. The fraction of sp³-hybridized carbons (Fsp3) is 0. The van der Waals surface area contributed by atoms with Crippen LogP contribution in [0.1, 0.15) is 0 Å². The standard InChI is InChI=1S/C10H8N4O/c11-10-9-6(7-2-4-15-14-7)5-13-8(9)1-3-12-10/h1-5,13H,(H2,11,12). The molecule has 3 heterocycles. The van der Waals surface area contributed by atoms with E-state index in [0.717, 1.165) is 22.2 Å². The van der Waals surface area contributed by atoms with E-state index in [2.05, 4.69) is 15.1 Å². The predicted octanol–water partition coefficient (Wildman–Crippen LogP) is 1.80. The Morgan fingerprint density at radius 3 is 3.07 bits per heavy atom. The molecule has 5 nitrogen and oxygen atoms in total. The first-order chi connectivity index (χ1) is 7.36. The Morgan fingerprint density at radius 2 is 2.27 bits per heavy atom. The van der Waals surface area contributed by atoms with Crippen molar-refractivity contribution < 1.29 is 4.52 Å². The van der Waals surface area contributed by atoms with Crippen molar-refractivity contribution in [3.05, 3.63) is 30.8 Å². The van der Waals surface area contributed by atoms with E-state index in [1.807, 2.05) is 12.3 Å². The molecule has 5 heteroatoms. The number of hydrogen-bond donors (Lipinski definition) is 2. The lowest BCUT2D eigenvalue weighted by Crippen LogP contribution is -1.90. The van der Waals surface area contributed by atoms with Crippen molar-refractivity contribution in [3.63, 3.8) is 0 Å². The van der Waals surface area contributed by atoms with Crippen LogP contribution >= 0.6 is 0 Å². The zero-order valence-corrected chi connectivity index (χ0v) is 7.77. The van der Waals surface area contributed by atoms with E-state index in [1.165, 1.54) is 6.26 Å². The number of nitrogens with zero attached hydrogens (tertiary/aromatic N) is 2. The summed E-state index contributed by atoms with van der Waals surface area (Å²) in [5, 5.41) is 4.75. The zero-order chi connectivity index (χ0) is 10.3. The number of pyridine rings is 1. The van der Waals surface area contributed by atoms with Crippen molar-refractivity contribution in [1.29, 1.82) is 0 Å². The lowest BCUT2D eigenvalue weighted by molar-refractivity contribution is 0.422. The van der Waals surface area contributed by atoms with Gasteiger partial charge in [0.05, 0.1) is 10.9 Å². The van der Waals surface area contributed by atoms with E-state index in [4.69, 9.17) is 10.3 Å². The number of anilines is 1. The lowest BCUT2D eigenvalue weighted by atomic mass is 10.1. The van der Waals surface area contributed by atoms with Crippen LogP contribution < -0.4 is 5.73 Å². The molecule has 0 aliphatic heterocycles. The van der Waals surface area contributed by atoms with Gasteiger partial charge in [0.25, 0.3) is 0 Å². The van der Waals surface area contributed by atoms with Gasteiger partial charge in [0.15, 0.2) is 0 Å². The molecule has 3 aromatic heterocycles. The van der Waals surface area contributed by atoms with Gasteiger partial charge < -0.3 is 15.2 Å². The second-order valence-electron chi connectivity index (χ2n) is 3.21. The minimum atomic E-state index is 0.492. The van der Waals surface area contributed by atoms with Crippen LogP contribution in [0.3, 0.4) is 0 Å². The molecule has 0 unspecified atom stereocenters. The Labute approximate surface area is 84.9 Å². The summed E-state index contributed by atoms with van der Waals surface area (Å²) in [6.07, 6.45) is 5.04. The maximum absolute atomic E-state index is 5.82. The molecule has 0 spiro atoms. The first-order valence-electron chi connectivity index (χ1n) is 4.48. The van der Waals surface area contributed by atoms with Gasteiger partial charge >= 0.3 is 0 Å². The van der Waals surface area contributed by atoms with Crippen LogP contribution in [0.5, 0.6) is 0 Å². The Balaban J connectivity index is 2.37. The van der Waals surface area contributed by atoms with Crippen molar-refractivity contribution in [2.75, 3.05) is 5.73 Å². The molecule has 0 aliphatic rings. The Hall–Kier alpha value is -2.30. The molecule has 0 aliphatic carbocycles. The number of nitrogens with one attached hydrogen (secondary N) is 1. The number of H-pyrrole nitrogens is 1. The number of nitrogen functional groups attached to an aromatic ring is 1. The molecule has 0 bridgehead atoms. The number of rotatable bonds is 1. The second-order valence-corrected chi connectivity index (χ2v) is 3.21. The quantitative estimate of drug-likeness (QED) is 0.627. The van der Waals surface area contributed by atoms with Crippen LogP contribution in [0.15, 0.2) is 35.3 Å². The molecule has 15 heavy (non-hydrogen) atoms. The third-order valence-corrected chi connectivity index (χ3v) is 2.34. The molecule has 0 radical (unpaired) electrons. The van der Waals surface area contributed by atoms with Crippen molar-refractivity contribution in [2.24, 2.45) is 0 Å². The number of aromatic amines is 1. The highest BCUT2D eigenvalue weighted by molar-refractivity contribution is 6.00. The molecule has 3 aromatic rings. The second kappa shape index (κ2) is 2.84. The van der Waals surface area contributed by atoms with E-state index in [1.54, 1.807) is 12.3 Å². The van der Waals surface area contributed by atoms with E-state index >= 15 is 0 Å². The summed E-state index contributed by atoms with van der Waals surface area (Å²) in [6, 6.07) is 3.66. The van der Waals surface area contributed by atoms with Crippen LogP contribution in [0.4, 0.5) is 5.82 Å². The summed E-state index contributed by atoms with van der Waals surface area (Å²) >= 11 is 0. The number of fused-ring (bicyclic) bond motifs is 1. The molecule has 3 N–H and O–H groups in total. The molecule has 0 atom stereocenters. The summed E-state index contributed by atoms with van der Waals surface area (Å²) < 4.78 is 4.80. The van der Waals surface area contributed by atoms with Gasteiger partial charge in [-0.2, -0.15) is 0 Å². The first kappa shape index (κ1) is 8.05. The van der Waals surface area contributed by atoms with Crippen LogP contribution in [-0.4, -0.2) is 15.1 Å². The van der Waals surface area contributed by atoms with Crippen LogP contribution in [0, 0.1) is 0 Å². The monoisotopic (exact) mass is 200 g/mol. The summed E-state index contributed by atoms with van der Waals surface area (Å²) in [6.45, 7) is 0. The molecular weight excluding hydrogens is 192 g/mol. The average Bonchev–Trinajstić information content (AvgIpc) is 2.85. The van der Waals surface area contributed by atoms with Crippen LogP contribution in [0.2, 0.25) is 0 Å². The first-order valence-corrected chi connectivity index (χ1v) is 4.48. The normalized spacial score (nSPS) is 10.9. The average molecular weight is 200 g/mol. The van der Waals surface area contributed by atoms with Crippen molar-refractivity contribution in [1.82, 2.24) is 15.1 Å². The fourth-order valence-corrected chi connectivity index (χ4v) is 1.66. The van der Waals surface area contributed by atoms with Gasteiger partial charge in [-0.15, -0.1) is 0 Å². The van der Waals surface area contributed by atoms with E-state index in [0.29, 0.717) is 5.82 Å². The summed E-state index contributed by atoms with van der Waals surface area (Å²) in [5.74, 6) is 0.492. The summed E-state index contributed by atoms with van der Waals surface area (Å²) in [5.41, 5.74) is 8.42. The third-order valence-electron chi connectivity index (χ3n) is 2.34. The van der Waals surface area contributed by atoms with Crippen LogP contribution in [-0.2, 0) is 0 Å². The maximum Gasteiger partial charge on any atom is 0.133 e. The van der Waals surface area contributed by atoms with Gasteiger partial charge in [-0.3, -0.25) is 0 Å². The maximum atomic E-state index is 5.82. The van der Waals surface area contributed by atoms with Gasteiger partial charge in [-0.1, -0.05) is 5.16 Å². The van der Waals surface area contributed by atoms with E-state index in [9.17, 15) is 0 Å². The number of aromatic nitrogens is 3. The minimum Gasteiger partial charge on any atom is -0.383 e. The Morgan fingerprint density at radius 1 is 1.33 bits per heavy atom. The lowest BCUT2D eigenvalue weighted by Gasteiger charge is -1.96. The van der Waals surface area contributed by atoms with E-state index in [-0.39, 0.29) is 0 Å². The Bertz CT molecular complexity index is 597. The highest BCUT2D eigenvalue weighted by Crippen LogP contribution is 2.30. The highest BCUT2D eigenvalue weighted by Gasteiger charge is 2.11.